The molecule has 0 fully saturated rings. The van der Waals surface area contributed by atoms with Gasteiger partial charge in [-0.2, -0.15) is 13.5 Å². The molecule has 0 bridgehead atoms. The number of methoxy groups -OCH3 is 2. The van der Waals surface area contributed by atoms with Gasteiger partial charge in [0.05, 0.1) is 20.4 Å². The molecule has 0 atom stereocenters. The van der Waals surface area contributed by atoms with E-state index in [2.05, 4.69) is 30.9 Å². The van der Waals surface area contributed by atoms with Crippen molar-refractivity contribution < 1.29 is 17.9 Å². The van der Waals surface area contributed by atoms with Crippen molar-refractivity contribution in [3.05, 3.63) is 52.0 Å². The average molecular weight is 424 g/mol. The van der Waals surface area contributed by atoms with Crippen molar-refractivity contribution in [3.8, 4) is 11.5 Å². The summed E-state index contributed by atoms with van der Waals surface area (Å²) < 4.78 is 39.1. The lowest BCUT2D eigenvalue weighted by Crippen LogP contribution is -2.17. The number of halogens is 1. The molecule has 2 aromatic rings. The van der Waals surface area contributed by atoms with Crippen LogP contribution in [0.5, 0.6) is 11.5 Å². The number of ether oxygens (including phenoxy) is 2. The molecule has 0 spiro atoms. The number of sulfonamides is 1. The van der Waals surface area contributed by atoms with Gasteiger partial charge in [-0.3, -0.25) is 5.43 Å². The van der Waals surface area contributed by atoms with Gasteiger partial charge in [-0.05, 0) is 24.3 Å². The van der Waals surface area contributed by atoms with Gasteiger partial charge in [0.2, 0.25) is 0 Å². The Morgan fingerprint density at radius 1 is 1.20 bits per heavy atom. The second kappa shape index (κ2) is 6.85. The summed E-state index contributed by atoms with van der Waals surface area (Å²) in [6.07, 6.45) is 1.50. The summed E-state index contributed by atoms with van der Waals surface area (Å²) in [5, 5.41) is 4.09. The van der Waals surface area contributed by atoms with Crippen molar-refractivity contribution >= 4 is 38.0 Å². The highest BCUT2D eigenvalue weighted by molar-refractivity contribution is 9.10. The van der Waals surface area contributed by atoms with Crippen LogP contribution in [0.25, 0.3) is 0 Å². The highest BCUT2D eigenvalue weighted by atomic mass is 79.9. The van der Waals surface area contributed by atoms with Crippen LogP contribution in [-0.2, 0) is 10.0 Å². The number of hydrazone groups is 1. The van der Waals surface area contributed by atoms with Crippen molar-refractivity contribution in [2.24, 2.45) is 9.50 Å². The average Bonchev–Trinajstić information content (AvgIpc) is 2.85. The molecule has 2 aromatic carbocycles. The van der Waals surface area contributed by atoms with Gasteiger partial charge in [0.25, 0.3) is 10.0 Å². The van der Waals surface area contributed by atoms with Crippen molar-refractivity contribution in [1.29, 1.82) is 0 Å². The van der Waals surface area contributed by atoms with Crippen LogP contribution in [0.4, 0.5) is 0 Å². The van der Waals surface area contributed by atoms with Crippen LogP contribution < -0.4 is 14.9 Å². The van der Waals surface area contributed by atoms with Crippen LogP contribution in [0.15, 0.2) is 55.3 Å². The highest BCUT2D eigenvalue weighted by Crippen LogP contribution is 2.33. The van der Waals surface area contributed by atoms with E-state index in [9.17, 15) is 8.42 Å². The minimum absolute atomic E-state index is 0.161. The third kappa shape index (κ3) is 3.38. The Morgan fingerprint density at radius 2 is 1.96 bits per heavy atom. The van der Waals surface area contributed by atoms with Gasteiger partial charge in [0.15, 0.2) is 17.3 Å². The minimum atomic E-state index is -3.68. The first kappa shape index (κ1) is 17.4. The van der Waals surface area contributed by atoms with Crippen molar-refractivity contribution in [3.63, 3.8) is 0 Å². The second-order valence-electron chi connectivity index (χ2n) is 5.01. The fourth-order valence-electron chi connectivity index (χ4n) is 2.40. The lowest BCUT2D eigenvalue weighted by atomic mass is 10.2. The Balaban J connectivity index is 1.90. The maximum Gasteiger partial charge on any atom is 0.285 e. The van der Waals surface area contributed by atoms with Crippen molar-refractivity contribution in [1.82, 2.24) is 5.43 Å². The first-order valence-electron chi connectivity index (χ1n) is 7.11. The molecule has 0 aliphatic carbocycles. The summed E-state index contributed by atoms with van der Waals surface area (Å²) in [5.74, 6) is 1.23. The topological polar surface area (TPSA) is 89.4 Å². The summed E-state index contributed by atoms with van der Waals surface area (Å²) in [5.41, 5.74) is 3.81. The van der Waals surface area contributed by atoms with E-state index < -0.39 is 10.0 Å². The van der Waals surface area contributed by atoms with Crippen LogP contribution in [0.1, 0.15) is 11.1 Å². The van der Waals surface area contributed by atoms with Gasteiger partial charge in [-0.1, -0.05) is 28.1 Å². The van der Waals surface area contributed by atoms with E-state index in [1.807, 2.05) is 0 Å². The predicted octanol–water partition coefficient (Wildman–Crippen LogP) is 2.54. The molecule has 25 heavy (non-hydrogen) atoms. The molecule has 0 amide bonds. The monoisotopic (exact) mass is 423 g/mol. The lowest BCUT2D eigenvalue weighted by Gasteiger charge is -2.10. The van der Waals surface area contributed by atoms with E-state index in [4.69, 9.17) is 9.47 Å². The Hall–Kier alpha value is -2.39. The van der Waals surface area contributed by atoms with Crippen LogP contribution in [0.2, 0.25) is 0 Å². The summed E-state index contributed by atoms with van der Waals surface area (Å²) in [7, 11) is -0.612. The molecule has 0 aromatic heterocycles. The maximum atomic E-state index is 12.0. The predicted molar refractivity (Wildman–Crippen MR) is 98.1 cm³/mol. The van der Waals surface area contributed by atoms with Crippen molar-refractivity contribution in [2.75, 3.05) is 14.2 Å². The molecule has 130 valence electrons. The summed E-state index contributed by atoms with van der Waals surface area (Å²) in [6.45, 7) is 0. The number of fused-ring (bicyclic) bond motifs is 1. The van der Waals surface area contributed by atoms with E-state index in [0.717, 1.165) is 4.47 Å². The molecular formula is C16H14BrN3O4S. The molecule has 0 unspecified atom stereocenters. The largest absolute Gasteiger partial charge is 0.493 e. The molecular weight excluding hydrogens is 410 g/mol. The van der Waals surface area contributed by atoms with E-state index in [1.54, 1.807) is 37.4 Å². The Labute approximate surface area is 153 Å². The van der Waals surface area contributed by atoms with Gasteiger partial charge in [-0.25, -0.2) is 0 Å². The first-order chi connectivity index (χ1) is 12.0. The van der Waals surface area contributed by atoms with E-state index in [1.165, 1.54) is 19.4 Å². The number of amidine groups is 1. The summed E-state index contributed by atoms with van der Waals surface area (Å²) >= 11 is 3.39. The number of nitrogens with one attached hydrogen (secondary N) is 1. The Kier molecular flexibility index (Phi) is 4.78. The third-order valence-corrected chi connectivity index (χ3v) is 5.27. The molecule has 7 nitrogen and oxygen atoms in total. The van der Waals surface area contributed by atoms with Gasteiger partial charge in [0.1, 0.15) is 4.90 Å². The Bertz CT molecular complexity index is 987. The smallest absolute Gasteiger partial charge is 0.285 e. The van der Waals surface area contributed by atoms with Gasteiger partial charge in [0, 0.05) is 15.6 Å². The van der Waals surface area contributed by atoms with Crippen LogP contribution in [-0.4, -0.2) is 34.7 Å². The fourth-order valence-corrected chi connectivity index (χ4v) is 4.03. The van der Waals surface area contributed by atoms with Crippen molar-refractivity contribution in [2.45, 2.75) is 4.90 Å². The number of rotatable bonds is 4. The number of benzene rings is 2. The number of hydrogen-bond acceptors (Lipinski definition) is 6. The molecule has 1 aliphatic rings. The third-order valence-electron chi connectivity index (χ3n) is 3.48. The van der Waals surface area contributed by atoms with E-state index in [-0.39, 0.29) is 10.7 Å². The van der Waals surface area contributed by atoms with Crippen LogP contribution in [0.3, 0.4) is 0 Å². The SMILES string of the molecule is COc1cc(Br)cc(C=NNC2=NS(=O)(=O)c3ccccc32)c1OC. The Morgan fingerprint density at radius 3 is 2.68 bits per heavy atom. The molecule has 1 heterocycles. The first-order valence-corrected chi connectivity index (χ1v) is 9.34. The maximum absolute atomic E-state index is 12.0. The number of hydrogen-bond donors (Lipinski definition) is 1. The molecule has 1 aliphatic heterocycles. The summed E-state index contributed by atoms with van der Waals surface area (Å²) in [6, 6.07) is 10.1. The zero-order valence-electron chi connectivity index (χ0n) is 13.4. The molecule has 9 heteroatoms. The zero-order valence-corrected chi connectivity index (χ0v) is 15.8. The molecule has 0 radical (unpaired) electrons. The van der Waals surface area contributed by atoms with Gasteiger partial charge >= 0.3 is 0 Å². The van der Waals surface area contributed by atoms with E-state index in [0.29, 0.717) is 22.6 Å². The standard InChI is InChI=1S/C16H14BrN3O4S/c1-23-13-8-11(17)7-10(15(13)24-2)9-18-19-16-12-5-3-4-6-14(12)25(21,22)20-16/h3-9H,1-2H3,(H,19,20). The zero-order chi connectivity index (χ0) is 18.0. The molecule has 0 saturated carbocycles. The fraction of sp³-hybridized carbons (Fsp3) is 0.125. The minimum Gasteiger partial charge on any atom is -0.493 e. The summed E-state index contributed by atoms with van der Waals surface area (Å²) in [4.78, 5) is 0.161. The normalized spacial score (nSPS) is 14.9. The highest BCUT2D eigenvalue weighted by Gasteiger charge is 2.28. The number of nitrogens with zero attached hydrogens (tertiary/aromatic N) is 2. The van der Waals surface area contributed by atoms with Gasteiger partial charge < -0.3 is 9.47 Å². The second-order valence-corrected chi connectivity index (χ2v) is 7.50. The van der Waals surface area contributed by atoms with Crippen LogP contribution in [0, 0.1) is 0 Å². The molecule has 3 rings (SSSR count). The van der Waals surface area contributed by atoms with E-state index >= 15 is 0 Å². The lowest BCUT2D eigenvalue weighted by molar-refractivity contribution is 0.354. The van der Waals surface area contributed by atoms with Crippen LogP contribution >= 0.6 is 15.9 Å². The quantitative estimate of drug-likeness (QED) is 0.602. The molecule has 0 saturated heterocycles. The molecule has 1 N–H and O–H groups in total. The van der Waals surface area contributed by atoms with Gasteiger partial charge in [-0.15, -0.1) is 4.40 Å².